The van der Waals surface area contributed by atoms with Crippen LogP contribution in [0.15, 0.2) is 0 Å². The number of hydrogen-bond acceptors (Lipinski definition) is 6. The Morgan fingerprint density at radius 1 is 0.909 bits per heavy atom. The van der Waals surface area contributed by atoms with Crippen molar-refractivity contribution in [2.24, 2.45) is 11.5 Å². The van der Waals surface area contributed by atoms with Gasteiger partial charge in [-0.1, -0.05) is 0 Å². The fourth-order valence-corrected chi connectivity index (χ4v) is 1.49. The first-order valence-electron chi connectivity index (χ1n) is 6.86. The summed E-state index contributed by atoms with van der Waals surface area (Å²) in [7, 11) is 0. The van der Waals surface area contributed by atoms with E-state index < -0.39 is 29.7 Å². The molecule has 0 aromatic carbocycles. The quantitative estimate of drug-likeness (QED) is 0.218. The standard InChI is InChI=1S/C12H23N5O5/c13-4-2-1-3-8(12(21)22)17-11(20)7-16-10(19)6-15-9(18)5-14/h8H,1-7,13-14H2,(H,15,18)(H,16,19)(H,17,20)(H,21,22)/t8-/m0/s1. The Bertz CT molecular complexity index is 401. The number of hydrogen-bond donors (Lipinski definition) is 6. The molecule has 0 fully saturated rings. The van der Waals surface area contributed by atoms with Gasteiger partial charge in [-0.25, -0.2) is 4.79 Å². The largest absolute Gasteiger partial charge is 0.480 e. The summed E-state index contributed by atoms with van der Waals surface area (Å²) in [6.45, 7) is -0.470. The van der Waals surface area contributed by atoms with Gasteiger partial charge in [0.15, 0.2) is 0 Å². The van der Waals surface area contributed by atoms with Gasteiger partial charge in [-0.3, -0.25) is 14.4 Å². The van der Waals surface area contributed by atoms with Crippen molar-refractivity contribution in [3.05, 3.63) is 0 Å². The predicted molar refractivity (Wildman–Crippen MR) is 77.5 cm³/mol. The maximum atomic E-state index is 11.6. The van der Waals surface area contributed by atoms with E-state index in [0.717, 1.165) is 0 Å². The van der Waals surface area contributed by atoms with E-state index in [1.807, 2.05) is 0 Å². The number of nitrogens with one attached hydrogen (secondary N) is 3. The molecular formula is C12H23N5O5. The van der Waals surface area contributed by atoms with Crippen LogP contribution in [0.4, 0.5) is 0 Å². The second-order valence-electron chi connectivity index (χ2n) is 4.50. The van der Waals surface area contributed by atoms with Crippen molar-refractivity contribution >= 4 is 23.7 Å². The van der Waals surface area contributed by atoms with Crippen LogP contribution in [0.3, 0.4) is 0 Å². The highest BCUT2D eigenvalue weighted by atomic mass is 16.4. The normalized spacial score (nSPS) is 11.4. The molecule has 0 aromatic heterocycles. The molecule has 0 saturated heterocycles. The van der Waals surface area contributed by atoms with E-state index >= 15 is 0 Å². The number of aliphatic carboxylic acids is 1. The Kier molecular flexibility index (Phi) is 10.3. The Labute approximate surface area is 128 Å². The molecule has 0 aliphatic carbocycles. The first-order valence-corrected chi connectivity index (χ1v) is 6.86. The lowest BCUT2D eigenvalue weighted by Gasteiger charge is -2.14. The number of rotatable bonds is 11. The zero-order valence-corrected chi connectivity index (χ0v) is 12.3. The maximum absolute atomic E-state index is 11.6. The van der Waals surface area contributed by atoms with Gasteiger partial charge in [0.2, 0.25) is 17.7 Å². The summed E-state index contributed by atoms with van der Waals surface area (Å²) >= 11 is 0. The minimum absolute atomic E-state index is 0.239. The van der Waals surface area contributed by atoms with E-state index in [4.69, 9.17) is 16.6 Å². The van der Waals surface area contributed by atoms with Crippen LogP contribution in [-0.4, -0.2) is 61.0 Å². The summed E-state index contributed by atoms with van der Waals surface area (Å²) in [5.41, 5.74) is 10.4. The minimum atomic E-state index is -1.15. The molecule has 0 spiro atoms. The van der Waals surface area contributed by atoms with Crippen molar-refractivity contribution in [1.82, 2.24) is 16.0 Å². The number of carbonyl (C=O) groups is 4. The lowest BCUT2D eigenvalue weighted by molar-refractivity contribution is -0.142. The number of carbonyl (C=O) groups excluding carboxylic acids is 3. The molecule has 0 unspecified atom stereocenters. The Balaban J connectivity index is 4.05. The first kappa shape index (κ1) is 19.8. The third-order valence-corrected chi connectivity index (χ3v) is 2.66. The van der Waals surface area contributed by atoms with Crippen LogP contribution in [0.1, 0.15) is 19.3 Å². The van der Waals surface area contributed by atoms with Crippen molar-refractivity contribution in [2.75, 3.05) is 26.2 Å². The average Bonchev–Trinajstić information content (AvgIpc) is 2.49. The van der Waals surface area contributed by atoms with Gasteiger partial charge in [0.1, 0.15) is 6.04 Å². The van der Waals surface area contributed by atoms with E-state index in [1.54, 1.807) is 0 Å². The minimum Gasteiger partial charge on any atom is -0.480 e. The highest BCUT2D eigenvalue weighted by Gasteiger charge is 2.19. The number of unbranched alkanes of at least 4 members (excludes halogenated alkanes) is 1. The molecule has 0 bridgehead atoms. The zero-order valence-electron chi connectivity index (χ0n) is 12.3. The molecule has 1 atom stereocenters. The Morgan fingerprint density at radius 3 is 2.05 bits per heavy atom. The van der Waals surface area contributed by atoms with Gasteiger partial charge in [0, 0.05) is 0 Å². The molecule has 126 valence electrons. The zero-order chi connectivity index (χ0) is 17.0. The highest BCUT2D eigenvalue weighted by molar-refractivity contribution is 5.90. The average molecular weight is 317 g/mol. The molecule has 22 heavy (non-hydrogen) atoms. The fourth-order valence-electron chi connectivity index (χ4n) is 1.49. The maximum Gasteiger partial charge on any atom is 0.326 e. The highest BCUT2D eigenvalue weighted by Crippen LogP contribution is 2.00. The van der Waals surface area contributed by atoms with Crippen LogP contribution >= 0.6 is 0 Å². The summed E-state index contributed by atoms with van der Waals surface area (Å²) in [4.78, 5) is 44.7. The second kappa shape index (κ2) is 11.5. The van der Waals surface area contributed by atoms with E-state index in [-0.39, 0.29) is 26.1 Å². The van der Waals surface area contributed by atoms with Gasteiger partial charge in [-0.05, 0) is 25.8 Å². The third-order valence-electron chi connectivity index (χ3n) is 2.66. The molecular weight excluding hydrogens is 294 g/mol. The van der Waals surface area contributed by atoms with Crippen LogP contribution in [-0.2, 0) is 19.2 Å². The third kappa shape index (κ3) is 9.66. The summed E-state index contributed by atoms with van der Waals surface area (Å²) < 4.78 is 0. The molecule has 0 radical (unpaired) electrons. The Morgan fingerprint density at radius 2 is 1.50 bits per heavy atom. The SMILES string of the molecule is NCCCC[C@H](NC(=O)CNC(=O)CNC(=O)CN)C(=O)O. The van der Waals surface area contributed by atoms with Crippen molar-refractivity contribution in [3.8, 4) is 0 Å². The van der Waals surface area contributed by atoms with Crippen LogP contribution < -0.4 is 27.4 Å². The van der Waals surface area contributed by atoms with E-state index in [0.29, 0.717) is 19.4 Å². The summed E-state index contributed by atoms with van der Waals surface area (Å²) in [5.74, 6) is -2.84. The number of carboxylic acid groups (broad SMARTS) is 1. The van der Waals surface area contributed by atoms with Gasteiger partial charge in [0.25, 0.3) is 0 Å². The van der Waals surface area contributed by atoms with Gasteiger partial charge in [0.05, 0.1) is 19.6 Å². The lowest BCUT2D eigenvalue weighted by atomic mass is 10.1. The molecule has 0 heterocycles. The summed E-state index contributed by atoms with van der Waals surface area (Å²) in [5, 5.41) is 15.8. The number of nitrogens with two attached hydrogens (primary N) is 2. The summed E-state index contributed by atoms with van der Waals surface area (Å²) in [6, 6.07) is -1.02. The Hall–Kier alpha value is -2.20. The lowest BCUT2D eigenvalue weighted by Crippen LogP contribution is -2.47. The summed E-state index contributed by atoms with van der Waals surface area (Å²) in [6.07, 6.45) is 1.50. The van der Waals surface area contributed by atoms with Crippen LogP contribution in [0.25, 0.3) is 0 Å². The fraction of sp³-hybridized carbons (Fsp3) is 0.667. The van der Waals surface area contributed by atoms with E-state index in [9.17, 15) is 19.2 Å². The van der Waals surface area contributed by atoms with Crippen molar-refractivity contribution in [1.29, 1.82) is 0 Å². The van der Waals surface area contributed by atoms with E-state index in [2.05, 4.69) is 16.0 Å². The molecule has 3 amide bonds. The van der Waals surface area contributed by atoms with Crippen LogP contribution in [0, 0.1) is 0 Å². The topological polar surface area (TPSA) is 177 Å². The molecule has 10 heteroatoms. The van der Waals surface area contributed by atoms with Crippen LogP contribution in [0.2, 0.25) is 0 Å². The molecule has 8 N–H and O–H groups in total. The van der Waals surface area contributed by atoms with Crippen molar-refractivity contribution in [2.45, 2.75) is 25.3 Å². The molecule has 10 nitrogen and oxygen atoms in total. The predicted octanol–water partition coefficient (Wildman–Crippen LogP) is -3.12. The van der Waals surface area contributed by atoms with E-state index in [1.165, 1.54) is 0 Å². The molecule has 0 saturated carbocycles. The second-order valence-corrected chi connectivity index (χ2v) is 4.50. The van der Waals surface area contributed by atoms with Crippen molar-refractivity contribution in [3.63, 3.8) is 0 Å². The van der Waals surface area contributed by atoms with Gasteiger partial charge in [-0.2, -0.15) is 0 Å². The first-order chi connectivity index (χ1) is 10.4. The molecule has 0 aliphatic rings. The van der Waals surface area contributed by atoms with Gasteiger partial charge < -0.3 is 32.5 Å². The van der Waals surface area contributed by atoms with Gasteiger partial charge >= 0.3 is 5.97 Å². The van der Waals surface area contributed by atoms with Gasteiger partial charge in [-0.15, -0.1) is 0 Å². The smallest absolute Gasteiger partial charge is 0.326 e. The number of carboxylic acids is 1. The monoisotopic (exact) mass is 317 g/mol. The van der Waals surface area contributed by atoms with Crippen molar-refractivity contribution < 1.29 is 24.3 Å². The molecule has 0 aliphatic heterocycles. The van der Waals surface area contributed by atoms with Crippen LogP contribution in [0.5, 0.6) is 0 Å². The molecule has 0 aromatic rings. The molecule has 0 rings (SSSR count). The number of amides is 3.